The lowest BCUT2D eigenvalue weighted by Gasteiger charge is -2.26. The molecule has 0 bridgehead atoms. The number of amides is 1. The lowest BCUT2D eigenvalue weighted by atomic mass is 9.94. The smallest absolute Gasteiger partial charge is 0.300 e. The summed E-state index contributed by atoms with van der Waals surface area (Å²) in [5.41, 5.74) is 4.37. The zero-order valence-electron chi connectivity index (χ0n) is 20.0. The number of benzene rings is 2. The normalized spacial score (nSPS) is 17.5. The molecular weight excluding hydrogens is 428 g/mol. The number of carbonyl (C=O) groups is 2. The Kier molecular flexibility index (Phi) is 6.24. The number of ether oxygens (including phenoxy) is 1. The topological polar surface area (TPSA) is 79.7 Å². The Morgan fingerprint density at radius 1 is 1.06 bits per heavy atom. The molecular formula is C28H28N2O4. The number of Topliss-reactive ketones (excluding diaryl/α,β-unsaturated/α-hetero) is 1. The molecule has 3 aromatic rings. The van der Waals surface area contributed by atoms with Gasteiger partial charge < -0.3 is 9.84 Å². The molecule has 4 rings (SSSR count). The van der Waals surface area contributed by atoms with Gasteiger partial charge in [0, 0.05) is 17.4 Å². The van der Waals surface area contributed by atoms with Crippen LogP contribution >= 0.6 is 0 Å². The molecule has 2 heterocycles. The Morgan fingerprint density at radius 2 is 1.82 bits per heavy atom. The van der Waals surface area contributed by atoms with Gasteiger partial charge in [-0.05, 0) is 67.3 Å². The van der Waals surface area contributed by atoms with Crippen molar-refractivity contribution in [3.05, 3.63) is 94.3 Å². The maximum Gasteiger partial charge on any atom is 0.300 e. The molecule has 6 nitrogen and oxygen atoms in total. The van der Waals surface area contributed by atoms with E-state index < -0.39 is 17.7 Å². The standard InChI is InChI=1S/C28H28N2O4/c1-16(2)20-15-19(10-12-23(20)34-5)26(31)24-25(21-8-6-7-13-29-21)30(28(33)27(24)32)22-11-9-17(3)14-18(22)4/h6-16,25,31H,1-5H3/b26-24-. The highest BCUT2D eigenvalue weighted by Gasteiger charge is 2.48. The minimum Gasteiger partial charge on any atom is -0.507 e. The maximum absolute atomic E-state index is 13.3. The van der Waals surface area contributed by atoms with E-state index in [4.69, 9.17) is 4.74 Å². The van der Waals surface area contributed by atoms with E-state index in [-0.39, 0.29) is 17.3 Å². The molecule has 6 heteroatoms. The number of rotatable bonds is 5. The van der Waals surface area contributed by atoms with Crippen LogP contribution in [0.2, 0.25) is 0 Å². The van der Waals surface area contributed by atoms with Gasteiger partial charge in [0.05, 0.1) is 18.4 Å². The van der Waals surface area contributed by atoms with Crippen molar-refractivity contribution in [2.75, 3.05) is 12.0 Å². The molecule has 1 amide bonds. The number of aliphatic hydroxyl groups excluding tert-OH is 1. The molecule has 174 valence electrons. The van der Waals surface area contributed by atoms with Crippen molar-refractivity contribution >= 4 is 23.1 Å². The maximum atomic E-state index is 13.3. The highest BCUT2D eigenvalue weighted by atomic mass is 16.5. The molecule has 2 aromatic carbocycles. The van der Waals surface area contributed by atoms with Crippen LogP contribution in [0.15, 0.2) is 66.4 Å². The van der Waals surface area contributed by atoms with Gasteiger partial charge in [-0.2, -0.15) is 0 Å². The number of nitrogens with zero attached hydrogens (tertiary/aromatic N) is 2. The summed E-state index contributed by atoms with van der Waals surface area (Å²) in [7, 11) is 1.59. The van der Waals surface area contributed by atoms with Crippen molar-refractivity contribution in [3.63, 3.8) is 0 Å². The van der Waals surface area contributed by atoms with Crippen LogP contribution in [0.3, 0.4) is 0 Å². The lowest BCUT2D eigenvalue weighted by Crippen LogP contribution is -2.30. The molecule has 0 spiro atoms. The third kappa shape index (κ3) is 3.96. The number of aliphatic hydroxyl groups is 1. The third-order valence-corrected chi connectivity index (χ3v) is 6.15. The van der Waals surface area contributed by atoms with Crippen LogP contribution < -0.4 is 9.64 Å². The predicted molar refractivity (Wildman–Crippen MR) is 132 cm³/mol. The van der Waals surface area contributed by atoms with Crippen LogP contribution in [0.1, 0.15) is 53.8 Å². The summed E-state index contributed by atoms with van der Waals surface area (Å²) in [6, 6.07) is 15.4. The Bertz CT molecular complexity index is 1300. The molecule has 0 saturated carbocycles. The molecule has 1 aliphatic heterocycles. The number of ketones is 1. The first kappa shape index (κ1) is 23.2. The molecule has 1 aromatic heterocycles. The Labute approximate surface area is 199 Å². The molecule has 0 aliphatic carbocycles. The number of anilines is 1. The van der Waals surface area contributed by atoms with Gasteiger partial charge in [-0.1, -0.05) is 37.6 Å². The first-order chi connectivity index (χ1) is 16.2. The monoisotopic (exact) mass is 456 g/mol. The van der Waals surface area contributed by atoms with Crippen molar-refractivity contribution in [2.45, 2.75) is 39.7 Å². The van der Waals surface area contributed by atoms with Gasteiger partial charge in [-0.25, -0.2) is 0 Å². The molecule has 1 atom stereocenters. The van der Waals surface area contributed by atoms with E-state index >= 15 is 0 Å². The summed E-state index contributed by atoms with van der Waals surface area (Å²) < 4.78 is 5.46. The second kappa shape index (κ2) is 9.14. The summed E-state index contributed by atoms with van der Waals surface area (Å²) in [4.78, 5) is 32.6. The summed E-state index contributed by atoms with van der Waals surface area (Å²) in [5, 5.41) is 11.4. The summed E-state index contributed by atoms with van der Waals surface area (Å²) in [6.45, 7) is 7.91. The molecule has 1 fully saturated rings. The number of hydrogen-bond acceptors (Lipinski definition) is 5. The van der Waals surface area contributed by atoms with Crippen LogP contribution in [0.5, 0.6) is 5.75 Å². The van der Waals surface area contributed by atoms with E-state index in [0.29, 0.717) is 22.7 Å². The summed E-state index contributed by atoms with van der Waals surface area (Å²) >= 11 is 0. The Hall–Kier alpha value is -3.93. The molecule has 1 N–H and O–H groups in total. The highest BCUT2D eigenvalue weighted by molar-refractivity contribution is 6.51. The number of pyridine rings is 1. The van der Waals surface area contributed by atoms with Crippen LogP contribution in [0, 0.1) is 13.8 Å². The fraction of sp³-hybridized carbons (Fsp3) is 0.250. The van der Waals surface area contributed by atoms with Crippen molar-refractivity contribution in [1.29, 1.82) is 0 Å². The second-order valence-corrected chi connectivity index (χ2v) is 8.83. The molecule has 1 unspecified atom stereocenters. The quantitative estimate of drug-likeness (QED) is 0.313. The van der Waals surface area contributed by atoms with Crippen LogP contribution in [0.4, 0.5) is 5.69 Å². The predicted octanol–water partition coefficient (Wildman–Crippen LogP) is 5.46. The van der Waals surface area contributed by atoms with E-state index in [0.717, 1.165) is 16.7 Å². The Balaban J connectivity index is 1.95. The van der Waals surface area contributed by atoms with Crippen molar-refractivity contribution in [3.8, 4) is 5.75 Å². The number of methoxy groups -OCH3 is 1. The van der Waals surface area contributed by atoms with Crippen molar-refractivity contribution in [1.82, 2.24) is 4.98 Å². The first-order valence-electron chi connectivity index (χ1n) is 11.2. The molecule has 1 saturated heterocycles. The van der Waals surface area contributed by atoms with Crippen LogP contribution in [0.25, 0.3) is 5.76 Å². The SMILES string of the molecule is COc1ccc(/C(O)=C2/C(=O)C(=O)N(c3ccc(C)cc3C)C2c2ccccn2)cc1C(C)C. The number of aryl methyl sites for hydroxylation is 2. The average molecular weight is 457 g/mol. The first-order valence-corrected chi connectivity index (χ1v) is 11.2. The van der Waals surface area contributed by atoms with Crippen molar-refractivity contribution in [2.24, 2.45) is 0 Å². The van der Waals surface area contributed by atoms with E-state index in [1.54, 1.807) is 49.7 Å². The highest BCUT2D eigenvalue weighted by Crippen LogP contribution is 2.43. The zero-order valence-corrected chi connectivity index (χ0v) is 20.0. The molecule has 34 heavy (non-hydrogen) atoms. The van der Waals surface area contributed by atoms with Gasteiger partial charge in [-0.3, -0.25) is 19.5 Å². The van der Waals surface area contributed by atoms with Gasteiger partial charge in [0.1, 0.15) is 17.6 Å². The number of carbonyl (C=O) groups excluding carboxylic acids is 2. The van der Waals surface area contributed by atoms with E-state index in [1.165, 1.54) is 4.90 Å². The Morgan fingerprint density at radius 3 is 2.44 bits per heavy atom. The van der Waals surface area contributed by atoms with E-state index in [1.807, 2.05) is 45.9 Å². The number of hydrogen-bond donors (Lipinski definition) is 1. The molecule has 0 radical (unpaired) electrons. The summed E-state index contributed by atoms with van der Waals surface area (Å²) in [6.07, 6.45) is 1.61. The van der Waals surface area contributed by atoms with Crippen LogP contribution in [-0.4, -0.2) is 28.9 Å². The van der Waals surface area contributed by atoms with Gasteiger partial charge in [0.25, 0.3) is 11.7 Å². The minimum atomic E-state index is -0.854. The van der Waals surface area contributed by atoms with Gasteiger partial charge in [0.2, 0.25) is 0 Å². The lowest BCUT2D eigenvalue weighted by molar-refractivity contribution is -0.132. The van der Waals surface area contributed by atoms with E-state index in [9.17, 15) is 14.7 Å². The number of aromatic nitrogens is 1. The van der Waals surface area contributed by atoms with Gasteiger partial charge in [0.15, 0.2) is 0 Å². The van der Waals surface area contributed by atoms with Gasteiger partial charge in [-0.15, -0.1) is 0 Å². The fourth-order valence-corrected chi connectivity index (χ4v) is 4.46. The van der Waals surface area contributed by atoms with E-state index in [2.05, 4.69) is 4.98 Å². The fourth-order valence-electron chi connectivity index (χ4n) is 4.46. The van der Waals surface area contributed by atoms with Crippen LogP contribution in [-0.2, 0) is 9.59 Å². The van der Waals surface area contributed by atoms with Crippen molar-refractivity contribution < 1.29 is 19.4 Å². The zero-order chi connectivity index (χ0) is 24.6. The average Bonchev–Trinajstić information content (AvgIpc) is 3.09. The minimum absolute atomic E-state index is 0.0172. The third-order valence-electron chi connectivity index (χ3n) is 6.15. The summed E-state index contributed by atoms with van der Waals surface area (Å²) in [5.74, 6) is -0.835. The largest absolute Gasteiger partial charge is 0.507 e. The second-order valence-electron chi connectivity index (χ2n) is 8.83. The molecule has 1 aliphatic rings. The van der Waals surface area contributed by atoms with Gasteiger partial charge >= 0.3 is 0 Å².